The zero-order chi connectivity index (χ0) is 18.8. The average molecular weight is 371 g/mol. The Kier molecular flexibility index (Phi) is 5.29. The van der Waals surface area contributed by atoms with E-state index in [2.05, 4.69) is 20.9 Å². The fraction of sp³-hybridized carbons (Fsp3) is 0.650. The standard InChI is InChI=1S/C20H29N5O2/c1-13-15(12-21-25(13)2)19-11-18(24-27-19)20(26)23-17-10-9-16(17)22-14-7-5-3-4-6-8-14/h11-12,14,16-17,22H,3-10H2,1-2H3,(H,23,26)/t16-,17+/m1/s1. The van der Waals surface area contributed by atoms with E-state index in [1.54, 1.807) is 16.9 Å². The third kappa shape index (κ3) is 3.93. The van der Waals surface area contributed by atoms with Gasteiger partial charge in [-0.15, -0.1) is 0 Å². The maximum atomic E-state index is 12.6. The summed E-state index contributed by atoms with van der Waals surface area (Å²) in [6.07, 6.45) is 11.7. The van der Waals surface area contributed by atoms with Crippen molar-refractivity contribution in [2.45, 2.75) is 76.4 Å². The molecule has 7 heteroatoms. The number of hydrogen-bond donors (Lipinski definition) is 2. The first-order valence-electron chi connectivity index (χ1n) is 10.1. The summed E-state index contributed by atoms with van der Waals surface area (Å²) < 4.78 is 7.16. The summed E-state index contributed by atoms with van der Waals surface area (Å²) in [5.74, 6) is 0.413. The molecule has 2 aromatic rings. The van der Waals surface area contributed by atoms with E-state index in [4.69, 9.17) is 4.52 Å². The fourth-order valence-electron chi connectivity index (χ4n) is 4.11. The first kappa shape index (κ1) is 18.2. The van der Waals surface area contributed by atoms with Crippen molar-refractivity contribution in [1.29, 1.82) is 0 Å². The molecule has 0 radical (unpaired) electrons. The van der Waals surface area contributed by atoms with E-state index in [1.807, 2.05) is 14.0 Å². The molecular weight excluding hydrogens is 342 g/mol. The molecule has 2 fully saturated rings. The molecule has 2 atom stereocenters. The number of aromatic nitrogens is 3. The van der Waals surface area contributed by atoms with Gasteiger partial charge in [0, 0.05) is 36.9 Å². The molecule has 2 aliphatic rings. The SMILES string of the molecule is Cc1c(-c2cc(C(=O)N[C@H]3CC[C@H]3NC3CCCCCC3)no2)cnn1C. The highest BCUT2D eigenvalue weighted by molar-refractivity contribution is 5.93. The highest BCUT2D eigenvalue weighted by atomic mass is 16.5. The Morgan fingerprint density at radius 3 is 2.52 bits per heavy atom. The molecule has 7 nitrogen and oxygen atoms in total. The summed E-state index contributed by atoms with van der Waals surface area (Å²) in [6, 6.07) is 2.86. The number of hydrogen-bond acceptors (Lipinski definition) is 5. The van der Waals surface area contributed by atoms with E-state index in [-0.39, 0.29) is 11.9 Å². The summed E-state index contributed by atoms with van der Waals surface area (Å²) >= 11 is 0. The molecule has 1 amide bonds. The van der Waals surface area contributed by atoms with Crippen LogP contribution >= 0.6 is 0 Å². The van der Waals surface area contributed by atoms with Crippen LogP contribution < -0.4 is 10.6 Å². The van der Waals surface area contributed by atoms with Gasteiger partial charge in [0.1, 0.15) is 0 Å². The Labute approximate surface area is 159 Å². The molecule has 0 aromatic carbocycles. The monoisotopic (exact) mass is 371 g/mol. The van der Waals surface area contributed by atoms with Gasteiger partial charge in [0.15, 0.2) is 11.5 Å². The number of nitrogens with one attached hydrogen (secondary N) is 2. The van der Waals surface area contributed by atoms with Crippen LogP contribution in [-0.4, -0.2) is 39.0 Å². The van der Waals surface area contributed by atoms with E-state index in [9.17, 15) is 4.79 Å². The molecule has 2 aromatic heterocycles. The third-order valence-electron chi connectivity index (χ3n) is 6.14. The van der Waals surface area contributed by atoms with Gasteiger partial charge in [0.05, 0.1) is 11.8 Å². The molecule has 0 aliphatic heterocycles. The number of nitrogens with zero attached hydrogens (tertiary/aromatic N) is 3. The zero-order valence-electron chi connectivity index (χ0n) is 16.2. The van der Waals surface area contributed by atoms with Crippen LogP contribution in [-0.2, 0) is 7.05 Å². The van der Waals surface area contributed by atoms with E-state index in [0.29, 0.717) is 23.5 Å². The second-order valence-electron chi connectivity index (χ2n) is 7.96. The average Bonchev–Trinajstić information content (AvgIpc) is 3.16. The predicted octanol–water partition coefficient (Wildman–Crippen LogP) is 2.96. The lowest BCUT2D eigenvalue weighted by Crippen LogP contribution is -2.58. The van der Waals surface area contributed by atoms with E-state index >= 15 is 0 Å². The molecule has 4 rings (SSSR count). The lowest BCUT2D eigenvalue weighted by Gasteiger charge is -2.40. The zero-order valence-corrected chi connectivity index (χ0v) is 16.2. The fourth-order valence-corrected chi connectivity index (χ4v) is 4.11. The van der Waals surface area contributed by atoms with Crippen LogP contribution in [0, 0.1) is 6.92 Å². The number of amides is 1. The molecule has 2 N–H and O–H groups in total. The topological polar surface area (TPSA) is 85.0 Å². The van der Waals surface area contributed by atoms with Crippen molar-refractivity contribution in [3.63, 3.8) is 0 Å². The van der Waals surface area contributed by atoms with Gasteiger partial charge in [-0.05, 0) is 32.6 Å². The molecule has 27 heavy (non-hydrogen) atoms. The number of aryl methyl sites for hydroxylation is 1. The van der Waals surface area contributed by atoms with Gasteiger partial charge in [-0.25, -0.2) is 0 Å². The molecule has 0 bridgehead atoms. The first-order valence-corrected chi connectivity index (χ1v) is 10.1. The van der Waals surface area contributed by atoms with Crippen LogP contribution in [0.25, 0.3) is 11.3 Å². The van der Waals surface area contributed by atoms with E-state index in [0.717, 1.165) is 24.1 Å². The molecular formula is C20H29N5O2. The van der Waals surface area contributed by atoms with Crippen molar-refractivity contribution < 1.29 is 9.32 Å². The highest BCUT2D eigenvalue weighted by Gasteiger charge is 2.34. The van der Waals surface area contributed by atoms with E-state index in [1.165, 1.54) is 38.5 Å². The Hall–Kier alpha value is -2.15. The minimum absolute atomic E-state index is 0.163. The van der Waals surface area contributed by atoms with Gasteiger partial charge < -0.3 is 15.2 Å². The first-order chi connectivity index (χ1) is 13.1. The number of carbonyl (C=O) groups is 1. The summed E-state index contributed by atoms with van der Waals surface area (Å²) in [5, 5.41) is 15.1. The molecule has 2 heterocycles. The highest BCUT2D eigenvalue weighted by Crippen LogP contribution is 2.26. The maximum absolute atomic E-state index is 12.6. The summed E-state index contributed by atoms with van der Waals surface area (Å²) in [7, 11) is 1.88. The van der Waals surface area contributed by atoms with Crippen molar-refractivity contribution in [1.82, 2.24) is 25.6 Å². The Balaban J connectivity index is 1.34. The van der Waals surface area contributed by atoms with Crippen molar-refractivity contribution in [3.8, 4) is 11.3 Å². The van der Waals surface area contributed by atoms with Crippen LogP contribution in [0.5, 0.6) is 0 Å². The van der Waals surface area contributed by atoms with Gasteiger partial charge in [-0.2, -0.15) is 5.10 Å². The quantitative estimate of drug-likeness (QED) is 0.790. The number of rotatable bonds is 5. The lowest BCUT2D eigenvalue weighted by atomic mass is 9.85. The smallest absolute Gasteiger partial charge is 0.273 e. The van der Waals surface area contributed by atoms with Crippen LogP contribution in [0.3, 0.4) is 0 Å². The molecule has 0 unspecified atom stereocenters. The van der Waals surface area contributed by atoms with Gasteiger partial charge in [-0.3, -0.25) is 9.48 Å². The van der Waals surface area contributed by atoms with Crippen LogP contribution in [0.15, 0.2) is 16.8 Å². The molecule has 0 saturated heterocycles. The Morgan fingerprint density at radius 2 is 1.89 bits per heavy atom. The second-order valence-corrected chi connectivity index (χ2v) is 7.96. The summed E-state index contributed by atoms with van der Waals surface area (Å²) in [6.45, 7) is 1.96. The number of carbonyl (C=O) groups excluding carboxylic acids is 1. The molecule has 2 aliphatic carbocycles. The maximum Gasteiger partial charge on any atom is 0.273 e. The third-order valence-corrected chi connectivity index (χ3v) is 6.14. The summed E-state index contributed by atoms with van der Waals surface area (Å²) in [5.41, 5.74) is 2.17. The molecule has 0 spiro atoms. The lowest BCUT2D eigenvalue weighted by molar-refractivity contribution is 0.0878. The van der Waals surface area contributed by atoms with Crippen LogP contribution in [0.4, 0.5) is 0 Å². The summed E-state index contributed by atoms with van der Waals surface area (Å²) in [4.78, 5) is 12.6. The minimum atomic E-state index is -0.163. The normalized spacial score (nSPS) is 23.6. The predicted molar refractivity (Wildman–Crippen MR) is 102 cm³/mol. The van der Waals surface area contributed by atoms with Crippen molar-refractivity contribution in [2.75, 3.05) is 0 Å². The van der Waals surface area contributed by atoms with Crippen molar-refractivity contribution >= 4 is 5.91 Å². The Morgan fingerprint density at radius 1 is 1.15 bits per heavy atom. The van der Waals surface area contributed by atoms with Gasteiger partial charge in [-0.1, -0.05) is 30.8 Å². The Bertz CT molecular complexity index is 788. The van der Waals surface area contributed by atoms with E-state index < -0.39 is 0 Å². The molecule has 2 saturated carbocycles. The van der Waals surface area contributed by atoms with Crippen LogP contribution in [0.1, 0.15) is 67.5 Å². The van der Waals surface area contributed by atoms with Gasteiger partial charge in [0.2, 0.25) is 0 Å². The second kappa shape index (κ2) is 7.84. The van der Waals surface area contributed by atoms with Crippen molar-refractivity contribution in [3.05, 3.63) is 23.7 Å². The van der Waals surface area contributed by atoms with Crippen LogP contribution in [0.2, 0.25) is 0 Å². The minimum Gasteiger partial charge on any atom is -0.355 e. The molecule has 146 valence electrons. The largest absolute Gasteiger partial charge is 0.355 e. The van der Waals surface area contributed by atoms with Gasteiger partial charge in [0.25, 0.3) is 5.91 Å². The van der Waals surface area contributed by atoms with Gasteiger partial charge >= 0.3 is 0 Å². The van der Waals surface area contributed by atoms with Crippen molar-refractivity contribution in [2.24, 2.45) is 7.05 Å².